The molecule has 0 amide bonds. The topological polar surface area (TPSA) is 55.5 Å². The van der Waals surface area contributed by atoms with E-state index in [1.807, 2.05) is 0 Å². The molecule has 1 atom stereocenters. The van der Waals surface area contributed by atoms with E-state index in [9.17, 15) is 18.3 Å². The number of ether oxygens (including phenoxy) is 1. The molecule has 2 aromatic rings. The largest absolute Gasteiger partial charge is 0.504 e. The van der Waals surface area contributed by atoms with Crippen molar-refractivity contribution in [2.45, 2.75) is 12.1 Å². The van der Waals surface area contributed by atoms with E-state index in [1.54, 1.807) is 18.2 Å². The third-order valence-electron chi connectivity index (χ3n) is 3.30. The van der Waals surface area contributed by atoms with Crippen molar-refractivity contribution in [3.05, 3.63) is 59.7 Å². The molecule has 22 heavy (non-hydrogen) atoms. The number of hydrogen-bond acceptors (Lipinski definition) is 3. The highest BCUT2D eigenvalue weighted by molar-refractivity contribution is 5.38. The van der Waals surface area contributed by atoms with Gasteiger partial charge in [-0.3, -0.25) is 0 Å². The van der Waals surface area contributed by atoms with Crippen molar-refractivity contribution in [2.75, 3.05) is 13.2 Å². The molecule has 3 nitrogen and oxygen atoms in total. The van der Waals surface area contributed by atoms with E-state index in [-0.39, 0.29) is 30.2 Å². The van der Waals surface area contributed by atoms with Gasteiger partial charge < -0.3 is 15.6 Å². The fourth-order valence-electron chi connectivity index (χ4n) is 2.17. The molecule has 6 heteroatoms. The highest BCUT2D eigenvalue weighted by Crippen LogP contribution is 2.35. The first-order chi connectivity index (χ1) is 10.4. The number of halogens is 3. The summed E-state index contributed by atoms with van der Waals surface area (Å²) in [7, 11) is 0. The minimum Gasteiger partial charge on any atom is -0.504 e. The molecule has 2 aromatic carbocycles. The maximum Gasteiger partial charge on any atom is 0.416 e. The lowest BCUT2D eigenvalue weighted by atomic mass is 9.94. The van der Waals surface area contributed by atoms with Gasteiger partial charge in [-0.1, -0.05) is 30.3 Å². The van der Waals surface area contributed by atoms with Crippen LogP contribution in [-0.2, 0) is 6.18 Å². The van der Waals surface area contributed by atoms with Crippen LogP contribution in [0.1, 0.15) is 17.0 Å². The van der Waals surface area contributed by atoms with Gasteiger partial charge in [0.1, 0.15) is 0 Å². The second-order valence-corrected chi connectivity index (χ2v) is 4.80. The highest BCUT2D eigenvalue weighted by Gasteiger charge is 2.34. The standard InChI is InChI=1S/C16H16F3NO2/c17-16(18,19)13-6-2-1-5-12(13)11(9-20)10-22-15-8-4-3-7-14(15)21/h1-8,11,21H,9-10,20H2. The van der Waals surface area contributed by atoms with Crippen LogP contribution >= 0.6 is 0 Å². The van der Waals surface area contributed by atoms with Crippen LogP contribution in [0, 0.1) is 0 Å². The van der Waals surface area contributed by atoms with E-state index in [1.165, 1.54) is 24.3 Å². The Bertz CT molecular complexity index is 629. The van der Waals surface area contributed by atoms with Gasteiger partial charge >= 0.3 is 6.18 Å². The number of hydrogen-bond donors (Lipinski definition) is 2. The Morgan fingerprint density at radius 2 is 1.68 bits per heavy atom. The molecule has 0 saturated carbocycles. The molecule has 0 aliphatic heterocycles. The van der Waals surface area contributed by atoms with Gasteiger partial charge in [-0.15, -0.1) is 0 Å². The van der Waals surface area contributed by atoms with Gasteiger partial charge in [0.15, 0.2) is 11.5 Å². The molecule has 0 aromatic heterocycles. The van der Waals surface area contributed by atoms with Crippen molar-refractivity contribution in [1.82, 2.24) is 0 Å². The summed E-state index contributed by atoms with van der Waals surface area (Å²) in [4.78, 5) is 0. The average Bonchev–Trinajstić information content (AvgIpc) is 2.49. The number of phenols is 1. The van der Waals surface area contributed by atoms with Crippen LogP contribution < -0.4 is 10.5 Å². The summed E-state index contributed by atoms with van der Waals surface area (Å²) in [5.41, 5.74) is 4.98. The van der Waals surface area contributed by atoms with Gasteiger partial charge in [0, 0.05) is 12.5 Å². The van der Waals surface area contributed by atoms with Crippen molar-refractivity contribution in [3.63, 3.8) is 0 Å². The number of nitrogens with two attached hydrogens (primary N) is 1. The molecule has 0 fully saturated rings. The second-order valence-electron chi connectivity index (χ2n) is 4.80. The molecule has 0 radical (unpaired) electrons. The Balaban J connectivity index is 2.21. The Labute approximate surface area is 126 Å². The summed E-state index contributed by atoms with van der Waals surface area (Å²) in [5.74, 6) is -0.481. The molecule has 0 bridgehead atoms. The van der Waals surface area contributed by atoms with Gasteiger partial charge in [-0.05, 0) is 23.8 Å². The van der Waals surface area contributed by atoms with Crippen LogP contribution in [0.5, 0.6) is 11.5 Å². The lowest BCUT2D eigenvalue weighted by molar-refractivity contribution is -0.138. The average molecular weight is 311 g/mol. The third kappa shape index (κ3) is 3.71. The third-order valence-corrected chi connectivity index (χ3v) is 3.30. The van der Waals surface area contributed by atoms with Gasteiger partial charge in [-0.25, -0.2) is 0 Å². The van der Waals surface area contributed by atoms with Crippen molar-refractivity contribution in [1.29, 1.82) is 0 Å². The smallest absolute Gasteiger partial charge is 0.416 e. The number of para-hydroxylation sites is 2. The van der Waals surface area contributed by atoms with E-state index in [0.717, 1.165) is 6.07 Å². The van der Waals surface area contributed by atoms with Crippen molar-refractivity contribution >= 4 is 0 Å². The van der Waals surface area contributed by atoms with Crippen LogP contribution in [0.3, 0.4) is 0 Å². The van der Waals surface area contributed by atoms with Gasteiger partial charge in [-0.2, -0.15) is 13.2 Å². The van der Waals surface area contributed by atoms with E-state index in [0.29, 0.717) is 0 Å². The molecule has 118 valence electrons. The highest BCUT2D eigenvalue weighted by atomic mass is 19.4. The SMILES string of the molecule is NCC(COc1ccccc1O)c1ccccc1C(F)(F)F. The van der Waals surface area contributed by atoms with Gasteiger partial charge in [0.05, 0.1) is 12.2 Å². The predicted molar refractivity (Wildman–Crippen MR) is 76.8 cm³/mol. The van der Waals surface area contributed by atoms with Gasteiger partial charge in [0.25, 0.3) is 0 Å². The molecule has 2 rings (SSSR count). The Morgan fingerprint density at radius 3 is 2.32 bits per heavy atom. The Hall–Kier alpha value is -2.21. The minimum atomic E-state index is -4.45. The summed E-state index contributed by atoms with van der Waals surface area (Å²) in [6, 6.07) is 11.6. The second kappa shape index (κ2) is 6.70. The summed E-state index contributed by atoms with van der Waals surface area (Å²) in [5, 5.41) is 9.61. The maximum atomic E-state index is 13.1. The van der Waals surface area contributed by atoms with Crippen LogP contribution in [0.2, 0.25) is 0 Å². The van der Waals surface area contributed by atoms with Gasteiger partial charge in [0.2, 0.25) is 0 Å². The fraction of sp³-hybridized carbons (Fsp3) is 0.250. The quantitative estimate of drug-likeness (QED) is 0.888. The Morgan fingerprint density at radius 1 is 1.05 bits per heavy atom. The van der Waals surface area contributed by atoms with Crippen LogP contribution in [-0.4, -0.2) is 18.3 Å². The molecule has 0 aliphatic carbocycles. The number of alkyl halides is 3. The summed E-state index contributed by atoms with van der Waals surface area (Å²) in [6.07, 6.45) is -4.45. The zero-order valence-electron chi connectivity index (χ0n) is 11.7. The van der Waals surface area contributed by atoms with Crippen LogP contribution in [0.25, 0.3) is 0 Å². The maximum absolute atomic E-state index is 13.1. The minimum absolute atomic E-state index is 0.000683. The van der Waals surface area contributed by atoms with E-state index in [4.69, 9.17) is 10.5 Å². The first-order valence-corrected chi connectivity index (χ1v) is 6.70. The summed E-state index contributed by atoms with van der Waals surface area (Å²) < 4.78 is 44.6. The molecule has 0 aliphatic rings. The molecule has 1 unspecified atom stereocenters. The number of phenolic OH excluding ortho intramolecular Hbond substituents is 1. The number of aromatic hydroxyl groups is 1. The number of rotatable bonds is 5. The molecule has 0 saturated heterocycles. The molecule has 0 heterocycles. The molecular formula is C16H16F3NO2. The summed E-state index contributed by atoms with van der Waals surface area (Å²) in [6.45, 7) is -0.0537. The van der Waals surface area contributed by atoms with Crippen molar-refractivity contribution in [3.8, 4) is 11.5 Å². The van der Waals surface area contributed by atoms with E-state index >= 15 is 0 Å². The summed E-state index contributed by atoms with van der Waals surface area (Å²) >= 11 is 0. The zero-order valence-corrected chi connectivity index (χ0v) is 11.7. The van der Waals surface area contributed by atoms with E-state index < -0.39 is 17.7 Å². The lowest BCUT2D eigenvalue weighted by Gasteiger charge is -2.21. The first-order valence-electron chi connectivity index (χ1n) is 6.70. The lowest BCUT2D eigenvalue weighted by Crippen LogP contribution is -2.23. The van der Waals surface area contributed by atoms with Crippen molar-refractivity contribution < 1.29 is 23.0 Å². The van der Waals surface area contributed by atoms with E-state index in [2.05, 4.69) is 0 Å². The first kappa shape index (κ1) is 16.2. The van der Waals surface area contributed by atoms with Crippen LogP contribution in [0.4, 0.5) is 13.2 Å². The monoisotopic (exact) mass is 311 g/mol. The van der Waals surface area contributed by atoms with Crippen molar-refractivity contribution in [2.24, 2.45) is 5.73 Å². The number of benzene rings is 2. The Kier molecular flexibility index (Phi) is 4.92. The predicted octanol–water partition coefficient (Wildman–Crippen LogP) is 3.53. The zero-order chi connectivity index (χ0) is 16.2. The fourth-order valence-corrected chi connectivity index (χ4v) is 2.17. The normalized spacial score (nSPS) is 12.9. The molecule has 3 N–H and O–H groups in total. The van der Waals surface area contributed by atoms with Crippen LogP contribution in [0.15, 0.2) is 48.5 Å². The molecular weight excluding hydrogens is 295 g/mol. The molecule has 0 spiro atoms.